The van der Waals surface area contributed by atoms with Crippen LogP contribution in [0.3, 0.4) is 0 Å². The molecule has 0 amide bonds. The largest absolute Gasteiger partial charge is 0.469 e. The normalized spacial score (nSPS) is 23.0. The number of morpholine rings is 1. The Morgan fingerprint density at radius 3 is 2.79 bits per heavy atom. The van der Waals surface area contributed by atoms with E-state index in [9.17, 15) is 13.2 Å². The average Bonchev–Trinajstić information content (AvgIpc) is 2.38. The van der Waals surface area contributed by atoms with Crippen molar-refractivity contribution in [1.82, 2.24) is 4.90 Å². The molecule has 112 valence electrons. The van der Waals surface area contributed by atoms with Gasteiger partial charge in [0.25, 0.3) is 0 Å². The van der Waals surface area contributed by atoms with Crippen molar-refractivity contribution in [3.63, 3.8) is 0 Å². The summed E-state index contributed by atoms with van der Waals surface area (Å²) < 4.78 is 34.3. The Labute approximate surface area is 115 Å². The zero-order chi connectivity index (χ0) is 14.5. The predicted molar refractivity (Wildman–Crippen MR) is 71.7 cm³/mol. The van der Waals surface area contributed by atoms with Gasteiger partial charge in [-0.05, 0) is 13.5 Å². The summed E-state index contributed by atoms with van der Waals surface area (Å²) in [6.45, 7) is 6.48. The molecule has 0 radical (unpaired) electrons. The molecule has 1 heterocycles. The van der Waals surface area contributed by atoms with Crippen molar-refractivity contribution < 1.29 is 22.7 Å². The smallest absolute Gasteiger partial charge is 0.306 e. The molecule has 1 aliphatic rings. The van der Waals surface area contributed by atoms with Gasteiger partial charge in [0.2, 0.25) is 0 Å². The van der Waals surface area contributed by atoms with E-state index in [1.54, 1.807) is 0 Å². The summed E-state index contributed by atoms with van der Waals surface area (Å²) in [5.41, 5.74) is 0. The molecule has 19 heavy (non-hydrogen) atoms. The van der Waals surface area contributed by atoms with Crippen LogP contribution in [0.4, 0.5) is 0 Å². The number of ether oxygens (including phenoxy) is 2. The van der Waals surface area contributed by atoms with Crippen LogP contribution in [0.5, 0.6) is 0 Å². The lowest BCUT2D eigenvalue weighted by Gasteiger charge is -2.32. The second-order valence-corrected chi connectivity index (χ2v) is 7.27. The van der Waals surface area contributed by atoms with E-state index in [-0.39, 0.29) is 18.3 Å². The van der Waals surface area contributed by atoms with E-state index < -0.39 is 21.1 Å². The number of hydrogen-bond donors (Lipinski definition) is 0. The van der Waals surface area contributed by atoms with Crippen molar-refractivity contribution in [3.05, 3.63) is 0 Å². The highest BCUT2D eigenvalue weighted by molar-refractivity contribution is 7.92. The number of methoxy groups -OCH3 is 1. The summed E-state index contributed by atoms with van der Waals surface area (Å²) in [7, 11) is -2.09. The average molecular weight is 293 g/mol. The maximum atomic E-state index is 12.1. The molecule has 0 saturated carbocycles. The highest BCUT2D eigenvalue weighted by Crippen LogP contribution is 2.13. The third-order valence-electron chi connectivity index (χ3n) is 3.38. The Bertz CT molecular complexity index is 395. The third kappa shape index (κ3) is 5.08. The number of carbonyl (C=O) groups is 1. The molecule has 2 unspecified atom stereocenters. The van der Waals surface area contributed by atoms with Gasteiger partial charge in [0, 0.05) is 13.1 Å². The first-order chi connectivity index (χ1) is 8.89. The first kappa shape index (κ1) is 16.4. The van der Waals surface area contributed by atoms with E-state index in [0.29, 0.717) is 13.2 Å². The molecule has 0 aromatic rings. The van der Waals surface area contributed by atoms with Crippen molar-refractivity contribution in [2.45, 2.75) is 31.6 Å². The van der Waals surface area contributed by atoms with Crippen molar-refractivity contribution >= 4 is 15.8 Å². The Morgan fingerprint density at radius 2 is 2.21 bits per heavy atom. The Kier molecular flexibility index (Phi) is 6.22. The number of rotatable bonds is 6. The number of likely N-dealkylation sites (N-methyl/N-ethyl adjacent to an activating group) is 1. The molecular weight excluding hydrogens is 270 g/mol. The van der Waals surface area contributed by atoms with E-state index in [1.807, 2.05) is 6.92 Å². The van der Waals surface area contributed by atoms with Crippen LogP contribution in [0, 0.1) is 0 Å². The van der Waals surface area contributed by atoms with Crippen LogP contribution in [-0.4, -0.2) is 69.7 Å². The fourth-order valence-corrected chi connectivity index (χ4v) is 3.48. The summed E-state index contributed by atoms with van der Waals surface area (Å²) in [5, 5.41) is -0.736. The monoisotopic (exact) mass is 293 g/mol. The minimum atomic E-state index is -3.35. The Morgan fingerprint density at radius 1 is 1.53 bits per heavy atom. The Hall–Kier alpha value is -0.660. The molecule has 0 aromatic carbocycles. The van der Waals surface area contributed by atoms with Crippen LogP contribution in [-0.2, 0) is 24.1 Å². The lowest BCUT2D eigenvalue weighted by Crippen LogP contribution is -2.46. The number of sulfone groups is 1. The van der Waals surface area contributed by atoms with E-state index in [4.69, 9.17) is 4.74 Å². The third-order valence-corrected chi connectivity index (χ3v) is 5.61. The molecule has 0 N–H and O–H groups in total. The van der Waals surface area contributed by atoms with Crippen molar-refractivity contribution in [2.24, 2.45) is 0 Å². The molecule has 0 aliphatic carbocycles. The van der Waals surface area contributed by atoms with E-state index in [1.165, 1.54) is 14.0 Å². The highest BCUT2D eigenvalue weighted by Gasteiger charge is 2.30. The zero-order valence-corrected chi connectivity index (χ0v) is 12.6. The Balaban J connectivity index is 2.56. The maximum Gasteiger partial charge on any atom is 0.306 e. The summed E-state index contributed by atoms with van der Waals surface area (Å²) in [6, 6.07) is 0. The van der Waals surface area contributed by atoms with Gasteiger partial charge in [0.15, 0.2) is 9.84 Å². The van der Waals surface area contributed by atoms with E-state index >= 15 is 0 Å². The summed E-state index contributed by atoms with van der Waals surface area (Å²) in [4.78, 5) is 13.3. The van der Waals surface area contributed by atoms with E-state index in [0.717, 1.165) is 13.1 Å². The van der Waals surface area contributed by atoms with Crippen LogP contribution in [0.2, 0.25) is 0 Å². The van der Waals surface area contributed by atoms with Crippen LogP contribution >= 0.6 is 0 Å². The van der Waals surface area contributed by atoms with Crippen LogP contribution in [0.1, 0.15) is 20.3 Å². The molecule has 0 spiro atoms. The molecule has 2 atom stereocenters. The minimum absolute atomic E-state index is 0.0400. The van der Waals surface area contributed by atoms with Gasteiger partial charge in [-0.25, -0.2) is 8.42 Å². The summed E-state index contributed by atoms with van der Waals surface area (Å²) >= 11 is 0. The molecule has 1 aliphatic heterocycles. The van der Waals surface area contributed by atoms with Gasteiger partial charge in [-0.3, -0.25) is 9.69 Å². The molecule has 7 heteroatoms. The topological polar surface area (TPSA) is 72.9 Å². The standard InChI is InChI=1S/C12H23NO5S/c1-4-13-5-6-18-11(8-13)9-19(15,16)10(2)7-12(14)17-3/h10-11H,4-9H2,1-3H3. The van der Waals surface area contributed by atoms with Crippen molar-refractivity contribution in [3.8, 4) is 0 Å². The fourth-order valence-electron chi connectivity index (χ4n) is 2.04. The fraction of sp³-hybridized carbons (Fsp3) is 0.917. The summed E-state index contributed by atoms with van der Waals surface area (Å²) in [5.74, 6) is -0.544. The van der Waals surface area contributed by atoms with Gasteiger partial charge in [-0.15, -0.1) is 0 Å². The van der Waals surface area contributed by atoms with Crippen LogP contribution in [0.15, 0.2) is 0 Å². The van der Waals surface area contributed by atoms with Gasteiger partial charge < -0.3 is 9.47 Å². The first-order valence-corrected chi connectivity index (χ1v) is 8.23. The van der Waals surface area contributed by atoms with Gasteiger partial charge in [0.1, 0.15) is 0 Å². The molecule has 1 fully saturated rings. The SMILES string of the molecule is CCN1CCOC(CS(=O)(=O)C(C)CC(=O)OC)C1. The highest BCUT2D eigenvalue weighted by atomic mass is 32.2. The van der Waals surface area contributed by atoms with Gasteiger partial charge >= 0.3 is 5.97 Å². The van der Waals surface area contributed by atoms with Crippen molar-refractivity contribution in [1.29, 1.82) is 0 Å². The number of nitrogens with zero attached hydrogens (tertiary/aromatic N) is 1. The predicted octanol–water partition coefficient (Wildman–Crippen LogP) is 0.0735. The van der Waals surface area contributed by atoms with Crippen LogP contribution in [0.25, 0.3) is 0 Å². The molecular formula is C12H23NO5S. The van der Waals surface area contributed by atoms with E-state index in [2.05, 4.69) is 9.64 Å². The first-order valence-electron chi connectivity index (χ1n) is 6.51. The minimum Gasteiger partial charge on any atom is -0.469 e. The van der Waals surface area contributed by atoms with Crippen LogP contribution < -0.4 is 0 Å². The van der Waals surface area contributed by atoms with Gasteiger partial charge in [0.05, 0.1) is 37.2 Å². The molecule has 0 aromatic heterocycles. The number of esters is 1. The lowest BCUT2D eigenvalue weighted by molar-refractivity contribution is -0.140. The quantitative estimate of drug-likeness (QED) is 0.646. The molecule has 0 bridgehead atoms. The second kappa shape index (κ2) is 7.21. The number of hydrogen-bond acceptors (Lipinski definition) is 6. The maximum absolute atomic E-state index is 12.1. The molecule has 1 rings (SSSR count). The summed E-state index contributed by atoms with van der Waals surface area (Å²) in [6.07, 6.45) is -0.415. The van der Waals surface area contributed by atoms with Gasteiger partial charge in [-0.1, -0.05) is 6.92 Å². The van der Waals surface area contributed by atoms with Gasteiger partial charge in [-0.2, -0.15) is 0 Å². The zero-order valence-electron chi connectivity index (χ0n) is 11.8. The number of carbonyl (C=O) groups excluding carboxylic acids is 1. The molecule has 6 nitrogen and oxygen atoms in total. The lowest BCUT2D eigenvalue weighted by atomic mass is 10.3. The van der Waals surface area contributed by atoms with Crippen molar-refractivity contribution in [2.75, 3.05) is 39.1 Å². The molecule has 1 saturated heterocycles. The second-order valence-electron chi connectivity index (χ2n) is 4.81.